The molecule has 2 heterocycles. The molecule has 3 aromatic carbocycles. The summed E-state index contributed by atoms with van der Waals surface area (Å²) in [7, 11) is -3.49. The second-order valence-corrected chi connectivity index (χ2v) is 16.0. The number of carbonyl (C=O) groups is 1. The average Bonchev–Trinajstić information content (AvgIpc) is 3.24. The largest absolute Gasteiger partial charge is 0.484 e. The van der Waals surface area contributed by atoms with Gasteiger partial charge in [0.25, 0.3) is 0 Å². The molecule has 2 N–H and O–H groups in total. The third-order valence-corrected chi connectivity index (χ3v) is 10.6. The molecule has 0 aromatic heterocycles. The average molecular weight is 656 g/mol. The standard InChI is InChI=1S/C35H40F3N3O4S/c1-34(2)21-39-31-9-6-26(18-32(31)45-34)41-12-10-35(11-13-41)19-23(27-7-5-24(36)17-28(27)35)16-33(42)40-25(20-46(3,43)44)14-22-4-8-29(37)30(38)15-22/h4-9,15,17-18,23,25,39H,10-14,16,19-21H2,1-3H3,(H,40,42)/t23-,25-/m1/s1. The number of nitrogens with one attached hydrogen (secondary N) is 2. The Bertz CT molecular complexity index is 1760. The monoisotopic (exact) mass is 655 g/mol. The molecule has 3 aromatic rings. The molecule has 0 saturated carbocycles. The Morgan fingerprint density at radius 1 is 1.04 bits per heavy atom. The molecular formula is C35H40F3N3O4S. The highest BCUT2D eigenvalue weighted by atomic mass is 32.2. The van der Waals surface area contributed by atoms with Crippen molar-refractivity contribution in [1.29, 1.82) is 0 Å². The summed E-state index contributed by atoms with van der Waals surface area (Å²) in [6.45, 7) is 6.34. The lowest BCUT2D eigenvalue weighted by molar-refractivity contribution is -0.122. The van der Waals surface area contributed by atoms with Crippen LogP contribution >= 0.6 is 0 Å². The van der Waals surface area contributed by atoms with E-state index in [1.807, 2.05) is 19.9 Å². The topological polar surface area (TPSA) is 87.7 Å². The van der Waals surface area contributed by atoms with E-state index in [4.69, 9.17) is 4.74 Å². The maximum atomic E-state index is 14.6. The van der Waals surface area contributed by atoms with Crippen LogP contribution in [0.2, 0.25) is 0 Å². The maximum Gasteiger partial charge on any atom is 0.220 e. The van der Waals surface area contributed by atoms with Gasteiger partial charge >= 0.3 is 0 Å². The number of hydrogen-bond donors (Lipinski definition) is 2. The van der Waals surface area contributed by atoms with E-state index in [-0.39, 0.29) is 47.3 Å². The number of sulfone groups is 1. The van der Waals surface area contributed by atoms with Gasteiger partial charge in [0, 0.05) is 43.6 Å². The molecule has 2 atom stereocenters. The Hall–Kier alpha value is -3.73. The first kappa shape index (κ1) is 32.2. The fraction of sp³-hybridized carbons (Fsp3) is 0.457. The molecule has 246 valence electrons. The van der Waals surface area contributed by atoms with Crippen molar-refractivity contribution >= 4 is 27.1 Å². The highest BCUT2D eigenvalue weighted by Crippen LogP contribution is 2.53. The van der Waals surface area contributed by atoms with Crippen molar-refractivity contribution in [3.05, 3.63) is 88.7 Å². The van der Waals surface area contributed by atoms with Crippen molar-refractivity contribution in [2.24, 2.45) is 0 Å². The summed E-state index contributed by atoms with van der Waals surface area (Å²) >= 11 is 0. The minimum absolute atomic E-state index is 0.0313. The van der Waals surface area contributed by atoms with E-state index in [2.05, 4.69) is 27.7 Å². The zero-order chi connectivity index (χ0) is 32.9. The molecule has 1 fully saturated rings. The van der Waals surface area contributed by atoms with E-state index >= 15 is 0 Å². The van der Waals surface area contributed by atoms with Gasteiger partial charge in [-0.2, -0.15) is 0 Å². The molecular weight excluding hydrogens is 615 g/mol. The van der Waals surface area contributed by atoms with Crippen molar-refractivity contribution in [1.82, 2.24) is 5.32 Å². The molecule has 0 unspecified atom stereocenters. The Kier molecular flexibility index (Phi) is 8.50. The second kappa shape index (κ2) is 12.1. The summed E-state index contributed by atoms with van der Waals surface area (Å²) in [5, 5.41) is 6.27. The number of fused-ring (bicyclic) bond motifs is 3. The van der Waals surface area contributed by atoms with Crippen LogP contribution in [-0.4, -0.2) is 57.6 Å². The first-order valence-electron chi connectivity index (χ1n) is 15.7. The first-order valence-corrected chi connectivity index (χ1v) is 17.8. The highest BCUT2D eigenvalue weighted by molar-refractivity contribution is 7.90. The van der Waals surface area contributed by atoms with Gasteiger partial charge in [-0.15, -0.1) is 0 Å². The van der Waals surface area contributed by atoms with Gasteiger partial charge in [0.1, 0.15) is 27.0 Å². The Morgan fingerprint density at radius 2 is 1.80 bits per heavy atom. The fourth-order valence-electron chi connectivity index (χ4n) is 7.44. The van der Waals surface area contributed by atoms with Crippen molar-refractivity contribution < 1.29 is 31.1 Å². The molecule has 3 aliphatic rings. The minimum atomic E-state index is -3.49. The zero-order valence-corrected chi connectivity index (χ0v) is 27.2. The van der Waals surface area contributed by atoms with Gasteiger partial charge in [-0.05, 0) is 104 Å². The summed E-state index contributed by atoms with van der Waals surface area (Å²) in [6.07, 6.45) is 3.46. The van der Waals surface area contributed by atoms with Gasteiger partial charge in [0.2, 0.25) is 5.91 Å². The molecule has 7 nitrogen and oxygen atoms in total. The number of amides is 1. The third-order valence-electron chi connectivity index (χ3n) is 9.57. The number of ether oxygens (including phenoxy) is 1. The number of carbonyl (C=O) groups excluding carboxylic acids is 1. The zero-order valence-electron chi connectivity index (χ0n) is 26.3. The van der Waals surface area contributed by atoms with Crippen LogP contribution < -0.4 is 20.3 Å². The van der Waals surface area contributed by atoms with Gasteiger partial charge in [0.05, 0.1) is 18.0 Å². The Balaban J connectivity index is 1.16. The lowest BCUT2D eigenvalue weighted by Crippen LogP contribution is -2.43. The smallest absolute Gasteiger partial charge is 0.220 e. The van der Waals surface area contributed by atoms with Crippen LogP contribution in [-0.2, 0) is 26.5 Å². The van der Waals surface area contributed by atoms with Crippen LogP contribution in [0.15, 0.2) is 54.6 Å². The second-order valence-electron chi connectivity index (χ2n) is 13.8. The molecule has 1 spiro atoms. The Labute approximate surface area is 268 Å². The van der Waals surface area contributed by atoms with E-state index in [9.17, 15) is 26.4 Å². The third kappa shape index (κ3) is 6.99. The van der Waals surface area contributed by atoms with Crippen molar-refractivity contribution in [3.63, 3.8) is 0 Å². The first-order chi connectivity index (χ1) is 21.7. The molecule has 11 heteroatoms. The van der Waals surface area contributed by atoms with Crippen LogP contribution in [0.5, 0.6) is 5.75 Å². The van der Waals surface area contributed by atoms with E-state index in [0.717, 1.165) is 79.1 Å². The summed E-state index contributed by atoms with van der Waals surface area (Å²) in [5.74, 6) is -2.37. The number of hydrogen-bond acceptors (Lipinski definition) is 6. The number of anilines is 2. The van der Waals surface area contributed by atoms with Gasteiger partial charge in [-0.25, -0.2) is 21.6 Å². The molecule has 1 saturated heterocycles. The summed E-state index contributed by atoms with van der Waals surface area (Å²) in [4.78, 5) is 15.7. The highest BCUT2D eigenvalue weighted by Gasteiger charge is 2.46. The quantitative estimate of drug-likeness (QED) is 0.316. The van der Waals surface area contributed by atoms with E-state index in [0.29, 0.717) is 12.0 Å². The summed E-state index contributed by atoms with van der Waals surface area (Å²) in [5.41, 5.74) is 3.72. The number of piperidine rings is 1. The number of benzene rings is 3. The normalized spacial score (nSPS) is 20.3. The molecule has 0 radical (unpaired) electrons. The van der Waals surface area contributed by atoms with Crippen molar-refractivity contribution in [2.75, 3.05) is 41.9 Å². The fourth-order valence-corrected chi connectivity index (χ4v) is 8.37. The number of nitrogens with zero attached hydrogens (tertiary/aromatic N) is 1. The predicted molar refractivity (Wildman–Crippen MR) is 173 cm³/mol. The summed E-state index contributed by atoms with van der Waals surface area (Å²) in [6, 6.07) is 13.6. The maximum absolute atomic E-state index is 14.6. The molecule has 46 heavy (non-hydrogen) atoms. The van der Waals surface area contributed by atoms with Crippen LogP contribution in [0.4, 0.5) is 24.5 Å². The minimum Gasteiger partial charge on any atom is -0.484 e. The van der Waals surface area contributed by atoms with Gasteiger partial charge < -0.3 is 20.3 Å². The lowest BCUT2D eigenvalue weighted by atomic mass is 9.73. The molecule has 1 amide bonds. The Morgan fingerprint density at radius 3 is 2.52 bits per heavy atom. The van der Waals surface area contributed by atoms with Crippen LogP contribution in [0.1, 0.15) is 62.1 Å². The molecule has 6 rings (SSSR count). The molecule has 2 aliphatic heterocycles. The predicted octanol–water partition coefficient (Wildman–Crippen LogP) is 5.87. The van der Waals surface area contributed by atoms with Gasteiger partial charge in [0.15, 0.2) is 11.6 Å². The van der Waals surface area contributed by atoms with Crippen molar-refractivity contribution in [3.8, 4) is 5.75 Å². The van der Waals surface area contributed by atoms with E-state index < -0.39 is 27.5 Å². The van der Waals surface area contributed by atoms with Crippen molar-refractivity contribution in [2.45, 2.75) is 68.9 Å². The van der Waals surface area contributed by atoms with Crippen LogP contribution in [0, 0.1) is 17.5 Å². The lowest BCUT2D eigenvalue weighted by Gasteiger charge is -2.42. The molecule has 1 aliphatic carbocycles. The van der Waals surface area contributed by atoms with E-state index in [1.54, 1.807) is 12.1 Å². The van der Waals surface area contributed by atoms with Gasteiger partial charge in [-0.3, -0.25) is 4.79 Å². The number of rotatable bonds is 8. The summed E-state index contributed by atoms with van der Waals surface area (Å²) < 4.78 is 72.5. The number of halogens is 3. The van der Waals surface area contributed by atoms with E-state index in [1.165, 1.54) is 12.1 Å². The van der Waals surface area contributed by atoms with Gasteiger partial charge in [-0.1, -0.05) is 12.1 Å². The van der Waals surface area contributed by atoms with Crippen LogP contribution in [0.25, 0.3) is 0 Å². The molecule has 0 bridgehead atoms. The SMILES string of the molecule is CC1(C)CNc2ccc(N3CCC4(CC3)C[C@@H](CC(=O)N[C@H](Cc3ccc(F)c(F)c3)CS(C)(=O)=O)c3ccc(F)cc34)cc2O1. The van der Waals surface area contributed by atoms with Crippen LogP contribution in [0.3, 0.4) is 0 Å².